The van der Waals surface area contributed by atoms with Gasteiger partial charge >= 0.3 is 0 Å². The van der Waals surface area contributed by atoms with Crippen LogP contribution in [0, 0.1) is 0 Å². The molecule has 88 valence electrons. The van der Waals surface area contributed by atoms with Crippen molar-refractivity contribution in [3.05, 3.63) is 33.3 Å². The molecule has 1 aromatic rings. The average molecular weight is 305 g/mol. The predicted octanol–water partition coefficient (Wildman–Crippen LogP) is 2.76. The van der Waals surface area contributed by atoms with Gasteiger partial charge in [-0.3, -0.25) is 0 Å². The van der Waals surface area contributed by atoms with Gasteiger partial charge in [-0.1, -0.05) is 27.5 Å². The van der Waals surface area contributed by atoms with Gasteiger partial charge in [0.2, 0.25) is 0 Å². The lowest BCUT2D eigenvalue weighted by atomic mass is 9.86. The summed E-state index contributed by atoms with van der Waals surface area (Å²) in [6.07, 6.45) is 2.21. The van der Waals surface area contributed by atoms with Gasteiger partial charge in [0.1, 0.15) is 0 Å². The molecule has 1 aliphatic rings. The molecule has 0 amide bonds. The molecule has 0 aliphatic carbocycles. The summed E-state index contributed by atoms with van der Waals surface area (Å²) in [5.74, 6) is 0. The van der Waals surface area contributed by atoms with Crippen molar-refractivity contribution in [2.75, 3.05) is 13.1 Å². The number of nitrogens with one attached hydrogen (secondary N) is 1. The fourth-order valence-electron chi connectivity index (χ4n) is 2.10. The first kappa shape index (κ1) is 12.4. The van der Waals surface area contributed by atoms with Crippen LogP contribution in [0.3, 0.4) is 0 Å². The van der Waals surface area contributed by atoms with Crippen molar-refractivity contribution in [3.63, 3.8) is 0 Å². The van der Waals surface area contributed by atoms with E-state index in [0.717, 1.165) is 41.0 Å². The fraction of sp³-hybridized carbons (Fsp3) is 0.500. The Morgan fingerprint density at radius 1 is 1.38 bits per heavy atom. The van der Waals surface area contributed by atoms with Crippen LogP contribution < -0.4 is 5.32 Å². The number of rotatable bonds is 2. The highest BCUT2D eigenvalue weighted by atomic mass is 79.9. The molecular formula is C12H15BrClNO. The Bertz CT molecular complexity index is 377. The van der Waals surface area contributed by atoms with E-state index in [-0.39, 0.29) is 0 Å². The third-order valence-electron chi connectivity index (χ3n) is 3.06. The maximum Gasteiger partial charge on any atom is 0.0712 e. The van der Waals surface area contributed by atoms with Gasteiger partial charge in [-0.15, -0.1) is 0 Å². The molecular weight excluding hydrogens is 289 g/mol. The zero-order valence-corrected chi connectivity index (χ0v) is 11.3. The lowest BCUT2D eigenvalue weighted by Gasteiger charge is -2.33. The number of aliphatic hydroxyl groups is 1. The van der Waals surface area contributed by atoms with Crippen molar-refractivity contribution >= 4 is 27.5 Å². The van der Waals surface area contributed by atoms with Crippen LogP contribution >= 0.6 is 27.5 Å². The van der Waals surface area contributed by atoms with E-state index in [1.54, 1.807) is 0 Å². The van der Waals surface area contributed by atoms with E-state index in [9.17, 15) is 5.11 Å². The van der Waals surface area contributed by atoms with Crippen LogP contribution in [0.5, 0.6) is 0 Å². The summed E-state index contributed by atoms with van der Waals surface area (Å²) >= 11 is 9.56. The van der Waals surface area contributed by atoms with Crippen molar-refractivity contribution in [1.29, 1.82) is 0 Å². The summed E-state index contributed by atoms with van der Waals surface area (Å²) in [6, 6.07) is 5.77. The van der Waals surface area contributed by atoms with Crippen LogP contribution in [0.4, 0.5) is 0 Å². The summed E-state index contributed by atoms with van der Waals surface area (Å²) in [4.78, 5) is 0. The topological polar surface area (TPSA) is 32.3 Å². The molecule has 0 atom stereocenters. The lowest BCUT2D eigenvalue weighted by Crippen LogP contribution is -2.43. The van der Waals surface area contributed by atoms with E-state index in [1.807, 2.05) is 18.2 Å². The van der Waals surface area contributed by atoms with Gasteiger partial charge in [-0.25, -0.2) is 0 Å². The minimum absolute atomic E-state index is 0.602. The van der Waals surface area contributed by atoms with Crippen LogP contribution in [-0.2, 0) is 6.42 Å². The van der Waals surface area contributed by atoms with Crippen LogP contribution in [-0.4, -0.2) is 23.8 Å². The van der Waals surface area contributed by atoms with Crippen molar-refractivity contribution in [2.24, 2.45) is 0 Å². The first-order valence-corrected chi connectivity index (χ1v) is 6.63. The highest BCUT2D eigenvalue weighted by molar-refractivity contribution is 9.10. The largest absolute Gasteiger partial charge is 0.389 e. The molecule has 2 nitrogen and oxygen atoms in total. The summed E-state index contributed by atoms with van der Waals surface area (Å²) < 4.78 is 1.00. The molecule has 1 aliphatic heterocycles. The summed E-state index contributed by atoms with van der Waals surface area (Å²) in [7, 11) is 0. The second kappa shape index (κ2) is 5.05. The van der Waals surface area contributed by atoms with Gasteiger partial charge in [0, 0.05) is 15.9 Å². The first-order chi connectivity index (χ1) is 7.59. The van der Waals surface area contributed by atoms with Crippen LogP contribution in [0.15, 0.2) is 22.7 Å². The van der Waals surface area contributed by atoms with Gasteiger partial charge in [-0.05, 0) is 49.7 Å². The predicted molar refractivity (Wildman–Crippen MR) is 69.9 cm³/mol. The van der Waals surface area contributed by atoms with E-state index in [4.69, 9.17) is 11.6 Å². The van der Waals surface area contributed by atoms with E-state index in [2.05, 4.69) is 21.2 Å². The van der Waals surface area contributed by atoms with Crippen molar-refractivity contribution in [1.82, 2.24) is 5.32 Å². The summed E-state index contributed by atoms with van der Waals surface area (Å²) in [5.41, 5.74) is 0.413. The minimum atomic E-state index is -0.602. The second-order valence-corrected chi connectivity index (χ2v) is 5.71. The van der Waals surface area contributed by atoms with E-state index in [0.29, 0.717) is 6.42 Å². The Kier molecular flexibility index (Phi) is 3.90. The van der Waals surface area contributed by atoms with Gasteiger partial charge in [-0.2, -0.15) is 0 Å². The average Bonchev–Trinajstić information content (AvgIpc) is 2.24. The number of hydrogen-bond acceptors (Lipinski definition) is 2. The highest BCUT2D eigenvalue weighted by Crippen LogP contribution is 2.29. The molecule has 2 N–H and O–H groups in total. The molecule has 1 aromatic carbocycles. The zero-order chi connectivity index (χ0) is 11.6. The molecule has 0 unspecified atom stereocenters. The molecule has 0 spiro atoms. The molecule has 1 heterocycles. The monoisotopic (exact) mass is 303 g/mol. The first-order valence-electron chi connectivity index (χ1n) is 5.46. The number of piperidine rings is 1. The second-order valence-electron chi connectivity index (χ2n) is 4.39. The zero-order valence-electron chi connectivity index (χ0n) is 8.97. The maximum absolute atomic E-state index is 10.4. The molecule has 4 heteroatoms. The van der Waals surface area contributed by atoms with Crippen LogP contribution in [0.1, 0.15) is 18.4 Å². The summed E-state index contributed by atoms with van der Waals surface area (Å²) in [5, 5.41) is 14.4. The molecule has 0 aromatic heterocycles. The van der Waals surface area contributed by atoms with Crippen LogP contribution in [0.2, 0.25) is 5.02 Å². The smallest absolute Gasteiger partial charge is 0.0712 e. The van der Waals surface area contributed by atoms with Crippen molar-refractivity contribution < 1.29 is 5.11 Å². The van der Waals surface area contributed by atoms with Gasteiger partial charge in [0.15, 0.2) is 0 Å². The maximum atomic E-state index is 10.4. The molecule has 1 saturated heterocycles. The number of halogens is 2. The quantitative estimate of drug-likeness (QED) is 0.880. The normalized spacial score (nSPS) is 19.7. The third-order valence-corrected chi connectivity index (χ3v) is 3.92. The Hall–Kier alpha value is -0.0900. The number of benzene rings is 1. The third kappa shape index (κ3) is 2.98. The number of hydrogen-bond donors (Lipinski definition) is 2. The molecule has 0 saturated carbocycles. The van der Waals surface area contributed by atoms with Gasteiger partial charge in [0.25, 0.3) is 0 Å². The molecule has 16 heavy (non-hydrogen) atoms. The van der Waals surface area contributed by atoms with E-state index in [1.165, 1.54) is 0 Å². The fourth-order valence-corrected chi connectivity index (χ4v) is 2.70. The lowest BCUT2D eigenvalue weighted by molar-refractivity contribution is 0.0109. The molecule has 0 radical (unpaired) electrons. The van der Waals surface area contributed by atoms with E-state index >= 15 is 0 Å². The standard InChI is InChI=1S/C12H15BrClNO/c13-10-1-2-11(14)9(7-10)8-12(16)3-5-15-6-4-12/h1-2,7,15-16H,3-6,8H2. The van der Waals surface area contributed by atoms with Crippen molar-refractivity contribution in [3.8, 4) is 0 Å². The highest BCUT2D eigenvalue weighted by Gasteiger charge is 2.29. The van der Waals surface area contributed by atoms with Crippen LogP contribution in [0.25, 0.3) is 0 Å². The molecule has 1 fully saturated rings. The molecule has 2 rings (SSSR count). The summed E-state index contributed by atoms with van der Waals surface area (Å²) in [6.45, 7) is 1.75. The van der Waals surface area contributed by atoms with Crippen molar-refractivity contribution in [2.45, 2.75) is 24.9 Å². The Labute approximate surface area is 109 Å². The molecule has 0 bridgehead atoms. The minimum Gasteiger partial charge on any atom is -0.389 e. The Balaban J connectivity index is 2.15. The Morgan fingerprint density at radius 3 is 2.75 bits per heavy atom. The van der Waals surface area contributed by atoms with Gasteiger partial charge < -0.3 is 10.4 Å². The van der Waals surface area contributed by atoms with E-state index < -0.39 is 5.60 Å². The SMILES string of the molecule is OC1(Cc2cc(Br)ccc2Cl)CCNCC1. The Morgan fingerprint density at radius 2 is 2.06 bits per heavy atom. The van der Waals surface area contributed by atoms with Gasteiger partial charge in [0.05, 0.1) is 5.60 Å².